The summed E-state index contributed by atoms with van der Waals surface area (Å²) in [6, 6.07) is 6.38. The van der Waals surface area contributed by atoms with Gasteiger partial charge in [-0.1, -0.05) is 0 Å². The second kappa shape index (κ2) is 5.31. The van der Waals surface area contributed by atoms with Crippen LogP contribution in [0.5, 0.6) is 0 Å². The average Bonchev–Trinajstić information content (AvgIpc) is 3.00. The van der Waals surface area contributed by atoms with E-state index in [1.54, 1.807) is 0 Å². The predicted molar refractivity (Wildman–Crippen MR) is 82.9 cm³/mol. The maximum absolute atomic E-state index is 5.86. The summed E-state index contributed by atoms with van der Waals surface area (Å²) in [6.45, 7) is 5.60. The van der Waals surface area contributed by atoms with Crippen molar-refractivity contribution in [1.82, 2.24) is 14.8 Å². The largest absolute Gasteiger partial charge is 0.439 e. The topological polar surface area (TPSA) is 58.5 Å². The highest BCUT2D eigenvalue weighted by atomic mass is 16.3. The molecule has 0 amide bonds. The predicted octanol–water partition coefficient (Wildman–Crippen LogP) is 2.08. The van der Waals surface area contributed by atoms with Crippen molar-refractivity contribution in [2.75, 3.05) is 31.9 Å². The van der Waals surface area contributed by atoms with E-state index in [-0.39, 0.29) is 0 Å². The highest BCUT2D eigenvalue weighted by molar-refractivity contribution is 5.76. The summed E-state index contributed by atoms with van der Waals surface area (Å²) in [6.07, 6.45) is 3.92. The molecule has 1 atom stereocenters. The van der Waals surface area contributed by atoms with E-state index in [0.717, 1.165) is 48.4 Å². The van der Waals surface area contributed by atoms with Crippen LogP contribution in [-0.4, -0.2) is 47.0 Å². The lowest BCUT2D eigenvalue weighted by Crippen LogP contribution is -2.36. The average molecular weight is 286 g/mol. The molecule has 2 fully saturated rings. The zero-order chi connectivity index (χ0) is 14.2. The van der Waals surface area contributed by atoms with Gasteiger partial charge in [0.1, 0.15) is 5.52 Å². The summed E-state index contributed by atoms with van der Waals surface area (Å²) in [4.78, 5) is 9.72. The van der Waals surface area contributed by atoms with Crippen molar-refractivity contribution in [3.05, 3.63) is 24.1 Å². The van der Waals surface area contributed by atoms with Gasteiger partial charge in [0.05, 0.1) is 6.54 Å². The van der Waals surface area contributed by atoms with Crippen LogP contribution in [0.15, 0.2) is 22.6 Å². The third kappa shape index (κ3) is 2.63. The molecule has 0 radical (unpaired) electrons. The summed E-state index contributed by atoms with van der Waals surface area (Å²) in [5, 5.41) is 0. The second-order valence-electron chi connectivity index (χ2n) is 6.26. The fourth-order valence-corrected chi connectivity index (χ4v) is 3.67. The van der Waals surface area contributed by atoms with E-state index in [0.29, 0.717) is 0 Å². The van der Waals surface area contributed by atoms with Crippen LogP contribution in [0.3, 0.4) is 0 Å². The van der Waals surface area contributed by atoms with Crippen LogP contribution in [0.1, 0.15) is 25.2 Å². The summed E-state index contributed by atoms with van der Waals surface area (Å²) < 4.78 is 5.86. The first-order chi connectivity index (χ1) is 10.3. The number of rotatable bonds is 2. The minimum absolute atomic E-state index is 0.724. The van der Waals surface area contributed by atoms with Gasteiger partial charge in [-0.2, -0.15) is 0 Å². The summed E-state index contributed by atoms with van der Waals surface area (Å²) in [5.41, 5.74) is 8.21. The minimum atomic E-state index is 0.724. The Labute approximate surface area is 124 Å². The van der Waals surface area contributed by atoms with Gasteiger partial charge >= 0.3 is 0 Å². The van der Waals surface area contributed by atoms with Gasteiger partial charge in [0.25, 0.3) is 0 Å². The van der Waals surface area contributed by atoms with Crippen molar-refractivity contribution < 1.29 is 4.42 Å². The molecule has 2 aliphatic rings. The number of fused-ring (bicyclic) bond motifs is 2. The molecule has 0 spiro atoms. The first kappa shape index (κ1) is 13.1. The zero-order valence-electron chi connectivity index (χ0n) is 12.3. The molecular weight excluding hydrogens is 264 g/mol. The number of aromatic nitrogens is 1. The molecule has 0 bridgehead atoms. The van der Waals surface area contributed by atoms with Crippen molar-refractivity contribution >= 4 is 16.8 Å². The smallest absolute Gasteiger partial charge is 0.209 e. The van der Waals surface area contributed by atoms with Crippen LogP contribution in [0.4, 0.5) is 5.69 Å². The van der Waals surface area contributed by atoms with E-state index in [1.807, 2.05) is 18.2 Å². The number of nitrogens with zero attached hydrogens (tertiary/aromatic N) is 3. The molecule has 2 aromatic rings. The third-order valence-corrected chi connectivity index (χ3v) is 4.70. The van der Waals surface area contributed by atoms with Crippen molar-refractivity contribution in [3.63, 3.8) is 0 Å². The van der Waals surface area contributed by atoms with Gasteiger partial charge in [-0.05, 0) is 51.0 Å². The van der Waals surface area contributed by atoms with Crippen molar-refractivity contribution in [3.8, 4) is 0 Å². The Morgan fingerprint density at radius 3 is 3.10 bits per heavy atom. The van der Waals surface area contributed by atoms with Gasteiger partial charge in [-0.3, -0.25) is 9.80 Å². The summed E-state index contributed by atoms with van der Waals surface area (Å²) >= 11 is 0. The van der Waals surface area contributed by atoms with Crippen LogP contribution in [0.25, 0.3) is 11.1 Å². The molecule has 3 heterocycles. The van der Waals surface area contributed by atoms with Gasteiger partial charge < -0.3 is 10.2 Å². The highest BCUT2D eigenvalue weighted by Gasteiger charge is 2.29. The number of nitrogens with two attached hydrogens (primary N) is 1. The Balaban J connectivity index is 1.50. The number of oxazole rings is 1. The molecule has 21 heavy (non-hydrogen) atoms. The summed E-state index contributed by atoms with van der Waals surface area (Å²) in [5.74, 6) is 0.807. The van der Waals surface area contributed by atoms with E-state index < -0.39 is 0 Å². The van der Waals surface area contributed by atoms with E-state index >= 15 is 0 Å². The first-order valence-corrected chi connectivity index (χ1v) is 7.89. The molecule has 1 aromatic carbocycles. The molecule has 5 nitrogen and oxygen atoms in total. The van der Waals surface area contributed by atoms with E-state index in [2.05, 4.69) is 14.8 Å². The molecule has 2 aliphatic heterocycles. The molecular formula is C16H22N4O. The standard InChI is InChI=1S/C16H22N4O/c17-12-4-5-14-15(9-12)21-16(18-14)11-19-6-2-8-20-7-1-3-13(20)10-19/h4-5,9,13H,1-3,6-8,10-11,17H2. The van der Waals surface area contributed by atoms with E-state index in [4.69, 9.17) is 10.2 Å². The fraction of sp³-hybridized carbons (Fsp3) is 0.562. The molecule has 1 aromatic heterocycles. The molecule has 4 rings (SSSR count). The van der Waals surface area contributed by atoms with Crippen molar-refractivity contribution in [1.29, 1.82) is 0 Å². The zero-order valence-corrected chi connectivity index (χ0v) is 12.3. The Hall–Kier alpha value is -1.59. The Morgan fingerprint density at radius 2 is 2.14 bits per heavy atom. The number of benzene rings is 1. The van der Waals surface area contributed by atoms with Crippen LogP contribution >= 0.6 is 0 Å². The van der Waals surface area contributed by atoms with Gasteiger partial charge in [0.2, 0.25) is 5.89 Å². The van der Waals surface area contributed by atoms with Crippen molar-refractivity contribution in [2.24, 2.45) is 0 Å². The second-order valence-corrected chi connectivity index (χ2v) is 6.26. The lowest BCUT2D eigenvalue weighted by molar-refractivity contribution is 0.204. The molecule has 112 valence electrons. The van der Waals surface area contributed by atoms with Gasteiger partial charge in [0.15, 0.2) is 5.58 Å². The third-order valence-electron chi connectivity index (χ3n) is 4.70. The molecule has 0 aliphatic carbocycles. The Kier molecular flexibility index (Phi) is 3.31. The number of hydrogen-bond donors (Lipinski definition) is 1. The quantitative estimate of drug-likeness (QED) is 0.857. The molecule has 5 heteroatoms. The van der Waals surface area contributed by atoms with E-state index in [1.165, 1.54) is 32.4 Å². The molecule has 2 saturated heterocycles. The summed E-state index contributed by atoms with van der Waals surface area (Å²) in [7, 11) is 0. The molecule has 0 saturated carbocycles. The van der Waals surface area contributed by atoms with E-state index in [9.17, 15) is 0 Å². The molecule has 1 unspecified atom stereocenters. The van der Waals surface area contributed by atoms with Crippen LogP contribution in [0, 0.1) is 0 Å². The fourth-order valence-electron chi connectivity index (χ4n) is 3.67. The first-order valence-electron chi connectivity index (χ1n) is 7.89. The maximum atomic E-state index is 5.86. The van der Waals surface area contributed by atoms with Crippen LogP contribution in [0.2, 0.25) is 0 Å². The van der Waals surface area contributed by atoms with Crippen molar-refractivity contribution in [2.45, 2.75) is 31.8 Å². The lowest BCUT2D eigenvalue weighted by atomic mass is 10.2. The van der Waals surface area contributed by atoms with Crippen LogP contribution < -0.4 is 5.73 Å². The maximum Gasteiger partial charge on any atom is 0.209 e. The number of hydrogen-bond acceptors (Lipinski definition) is 5. The lowest BCUT2D eigenvalue weighted by Gasteiger charge is -2.24. The number of anilines is 1. The van der Waals surface area contributed by atoms with Gasteiger partial charge in [-0.25, -0.2) is 4.98 Å². The monoisotopic (exact) mass is 286 g/mol. The normalized spacial score (nSPS) is 24.3. The SMILES string of the molecule is Nc1ccc2nc(CN3CCCN4CCCC4C3)oc2c1. The Bertz CT molecular complexity index is 638. The van der Waals surface area contributed by atoms with Crippen LogP contribution in [-0.2, 0) is 6.54 Å². The highest BCUT2D eigenvalue weighted by Crippen LogP contribution is 2.23. The van der Waals surface area contributed by atoms with Gasteiger partial charge in [0, 0.05) is 24.3 Å². The minimum Gasteiger partial charge on any atom is -0.439 e. The Morgan fingerprint density at radius 1 is 1.24 bits per heavy atom. The molecule has 2 N–H and O–H groups in total. The van der Waals surface area contributed by atoms with Gasteiger partial charge in [-0.15, -0.1) is 0 Å². The number of nitrogen functional groups attached to an aromatic ring is 1.